The summed E-state index contributed by atoms with van der Waals surface area (Å²) in [7, 11) is 1.63. The van der Waals surface area contributed by atoms with E-state index in [4.69, 9.17) is 14.5 Å². The maximum atomic E-state index is 14.0. The van der Waals surface area contributed by atoms with Crippen LogP contribution in [0.5, 0.6) is 11.5 Å². The van der Waals surface area contributed by atoms with Crippen LogP contribution in [0.1, 0.15) is 35.6 Å². The van der Waals surface area contributed by atoms with Crippen LogP contribution in [0.3, 0.4) is 0 Å². The van der Waals surface area contributed by atoms with E-state index in [2.05, 4.69) is 53.4 Å². The van der Waals surface area contributed by atoms with Crippen molar-refractivity contribution in [2.45, 2.75) is 53.6 Å². The molecule has 2 aromatic carbocycles. The highest BCUT2D eigenvalue weighted by molar-refractivity contribution is 5.70. The number of methoxy groups -OCH3 is 1. The number of aryl methyl sites for hydroxylation is 4. The normalized spacial score (nSPS) is 12.7. The van der Waals surface area contributed by atoms with Crippen molar-refractivity contribution in [1.82, 2.24) is 24.3 Å². The molecule has 3 heterocycles. The fourth-order valence-corrected chi connectivity index (χ4v) is 5.27. The van der Waals surface area contributed by atoms with Crippen molar-refractivity contribution < 1.29 is 9.47 Å². The lowest BCUT2D eigenvalue weighted by Gasteiger charge is -2.25. The van der Waals surface area contributed by atoms with E-state index in [0.29, 0.717) is 49.8 Å². The molecule has 0 atom stereocenters. The number of nitrogens with one attached hydrogen (secondary N) is 2. The zero-order valence-electron chi connectivity index (χ0n) is 23.2. The van der Waals surface area contributed by atoms with Gasteiger partial charge in [-0.05, 0) is 69.4 Å². The summed E-state index contributed by atoms with van der Waals surface area (Å²) in [4.78, 5) is 23.2. The minimum Gasteiger partial charge on any atom is -0.493 e. The van der Waals surface area contributed by atoms with E-state index in [1.54, 1.807) is 11.7 Å². The standard InChI is InChI=1S/C29H35N7O3/c1-6-39-25-14-21-8-11-35-23(22(21)15-24(25)38-5)16-26(33-27-19(3)12-18(2)13-20(27)4)36(29(35)37)10-7-9-30-28-31-17-32-34-28/h12-17H,6-11H2,1-5H3,(H2,30,31,32,34). The Labute approximate surface area is 227 Å². The fourth-order valence-electron chi connectivity index (χ4n) is 5.27. The third kappa shape index (κ3) is 5.32. The van der Waals surface area contributed by atoms with E-state index in [-0.39, 0.29) is 5.69 Å². The predicted molar refractivity (Wildman–Crippen MR) is 151 cm³/mol. The summed E-state index contributed by atoms with van der Waals surface area (Å²) in [5, 5.41) is 9.86. The van der Waals surface area contributed by atoms with Gasteiger partial charge in [0.05, 0.1) is 25.1 Å². The number of rotatable bonds is 9. The largest absolute Gasteiger partial charge is 0.493 e. The lowest BCUT2D eigenvalue weighted by Crippen LogP contribution is -2.42. The highest BCUT2D eigenvalue weighted by Gasteiger charge is 2.22. The van der Waals surface area contributed by atoms with Gasteiger partial charge < -0.3 is 14.8 Å². The Balaban J connectivity index is 1.63. The van der Waals surface area contributed by atoms with Gasteiger partial charge in [-0.3, -0.25) is 9.13 Å². The van der Waals surface area contributed by atoms with Gasteiger partial charge in [-0.25, -0.2) is 19.9 Å². The van der Waals surface area contributed by atoms with E-state index in [0.717, 1.165) is 45.8 Å². The Kier molecular flexibility index (Phi) is 7.53. The van der Waals surface area contributed by atoms with Crippen molar-refractivity contribution in [3.8, 4) is 22.8 Å². The molecule has 0 saturated heterocycles. The van der Waals surface area contributed by atoms with E-state index in [1.807, 2.05) is 29.7 Å². The molecule has 5 rings (SSSR count). The van der Waals surface area contributed by atoms with Crippen LogP contribution < -0.4 is 26.0 Å². The van der Waals surface area contributed by atoms with Gasteiger partial charge >= 0.3 is 5.69 Å². The monoisotopic (exact) mass is 529 g/mol. The number of aromatic nitrogens is 5. The fraction of sp³-hybridized carbons (Fsp3) is 0.379. The Bertz CT molecular complexity index is 1590. The number of nitrogens with zero attached hydrogens (tertiary/aromatic N) is 5. The first-order valence-electron chi connectivity index (χ1n) is 13.3. The lowest BCUT2D eigenvalue weighted by molar-refractivity contribution is 0.310. The molecule has 4 aromatic rings. The summed E-state index contributed by atoms with van der Waals surface area (Å²) in [5.74, 6) is 1.97. The predicted octanol–water partition coefficient (Wildman–Crippen LogP) is 4.06. The molecule has 0 radical (unpaired) electrons. The van der Waals surface area contributed by atoms with Crippen LogP contribution >= 0.6 is 0 Å². The zero-order valence-corrected chi connectivity index (χ0v) is 23.2. The van der Waals surface area contributed by atoms with E-state index < -0.39 is 0 Å². The molecule has 204 valence electrons. The van der Waals surface area contributed by atoms with Crippen molar-refractivity contribution in [3.63, 3.8) is 0 Å². The lowest BCUT2D eigenvalue weighted by atomic mass is 9.97. The van der Waals surface area contributed by atoms with Crippen LogP contribution in [0.4, 0.5) is 11.6 Å². The van der Waals surface area contributed by atoms with Crippen LogP contribution in [0.25, 0.3) is 11.3 Å². The molecule has 0 unspecified atom stereocenters. The number of H-pyrrole nitrogens is 1. The van der Waals surface area contributed by atoms with Crippen LogP contribution in [-0.2, 0) is 19.5 Å². The SMILES string of the molecule is CCOc1cc2c(cc1OC)-c1cc(=Nc3c(C)cc(C)cc3C)n(CCCNc3ncn[nH]3)c(=O)n1CC2. The van der Waals surface area contributed by atoms with Gasteiger partial charge in [0.1, 0.15) is 11.8 Å². The number of aromatic amines is 1. The van der Waals surface area contributed by atoms with Crippen molar-refractivity contribution in [3.05, 3.63) is 74.9 Å². The second-order valence-electron chi connectivity index (χ2n) is 9.79. The van der Waals surface area contributed by atoms with E-state index in [9.17, 15) is 4.79 Å². The molecule has 1 aliphatic rings. The molecule has 10 heteroatoms. The summed E-state index contributed by atoms with van der Waals surface area (Å²) in [6.45, 7) is 10.4. The molecule has 0 fully saturated rings. The number of anilines is 1. The average Bonchev–Trinajstić information content (AvgIpc) is 3.43. The molecule has 0 spiro atoms. The third-order valence-electron chi connectivity index (χ3n) is 6.99. The zero-order chi connectivity index (χ0) is 27.5. The molecular weight excluding hydrogens is 494 g/mol. The smallest absolute Gasteiger partial charge is 0.330 e. The third-order valence-corrected chi connectivity index (χ3v) is 6.99. The summed E-state index contributed by atoms with van der Waals surface area (Å²) in [6, 6.07) is 10.3. The number of hydrogen-bond acceptors (Lipinski definition) is 7. The molecule has 10 nitrogen and oxygen atoms in total. The van der Waals surface area contributed by atoms with Crippen molar-refractivity contribution in [1.29, 1.82) is 0 Å². The van der Waals surface area contributed by atoms with Crippen molar-refractivity contribution in [2.75, 3.05) is 25.6 Å². The first kappa shape index (κ1) is 26.3. The average molecular weight is 530 g/mol. The second-order valence-corrected chi connectivity index (χ2v) is 9.79. The Morgan fingerprint density at radius 2 is 1.90 bits per heavy atom. The van der Waals surface area contributed by atoms with Gasteiger partial charge in [-0.1, -0.05) is 17.7 Å². The topological polar surface area (TPSA) is 111 Å². The minimum absolute atomic E-state index is 0.0770. The first-order valence-corrected chi connectivity index (χ1v) is 13.3. The minimum atomic E-state index is -0.0770. The number of hydrogen-bond donors (Lipinski definition) is 2. The van der Waals surface area contributed by atoms with Gasteiger partial charge in [0, 0.05) is 31.3 Å². The first-order chi connectivity index (χ1) is 18.9. The highest BCUT2D eigenvalue weighted by atomic mass is 16.5. The van der Waals surface area contributed by atoms with Crippen molar-refractivity contribution in [2.24, 2.45) is 4.99 Å². The molecule has 0 amide bonds. The summed E-state index contributed by atoms with van der Waals surface area (Å²) < 4.78 is 15.1. The van der Waals surface area contributed by atoms with Crippen LogP contribution in [-0.4, -0.2) is 44.6 Å². The van der Waals surface area contributed by atoms with Gasteiger partial charge in [-0.2, -0.15) is 5.10 Å². The molecule has 2 N–H and O–H groups in total. The van der Waals surface area contributed by atoms with E-state index in [1.165, 1.54) is 11.9 Å². The maximum absolute atomic E-state index is 14.0. The van der Waals surface area contributed by atoms with Gasteiger partial charge in [-0.15, -0.1) is 0 Å². The van der Waals surface area contributed by atoms with Gasteiger partial charge in [0.2, 0.25) is 5.95 Å². The Morgan fingerprint density at radius 1 is 1.10 bits per heavy atom. The number of ether oxygens (including phenoxy) is 2. The van der Waals surface area contributed by atoms with Crippen LogP contribution in [0.15, 0.2) is 46.4 Å². The molecule has 1 aliphatic heterocycles. The molecule has 0 saturated carbocycles. The second kappa shape index (κ2) is 11.2. The summed E-state index contributed by atoms with van der Waals surface area (Å²) >= 11 is 0. The molecule has 2 aromatic heterocycles. The number of fused-ring (bicyclic) bond motifs is 3. The molecule has 0 bridgehead atoms. The van der Waals surface area contributed by atoms with Crippen molar-refractivity contribution >= 4 is 11.6 Å². The highest BCUT2D eigenvalue weighted by Crippen LogP contribution is 2.37. The Morgan fingerprint density at radius 3 is 2.59 bits per heavy atom. The maximum Gasteiger partial charge on any atom is 0.330 e. The van der Waals surface area contributed by atoms with Crippen LogP contribution in [0.2, 0.25) is 0 Å². The van der Waals surface area contributed by atoms with Gasteiger partial charge in [0.15, 0.2) is 11.5 Å². The summed E-state index contributed by atoms with van der Waals surface area (Å²) in [6.07, 6.45) is 2.89. The Hall–Kier alpha value is -4.34. The number of benzene rings is 2. The summed E-state index contributed by atoms with van der Waals surface area (Å²) in [5.41, 5.74) is 7.70. The van der Waals surface area contributed by atoms with Gasteiger partial charge in [0.25, 0.3) is 0 Å². The molecule has 39 heavy (non-hydrogen) atoms. The molecular formula is C29H35N7O3. The quantitative estimate of drug-likeness (QED) is 0.317. The van der Waals surface area contributed by atoms with E-state index >= 15 is 0 Å². The molecule has 0 aliphatic carbocycles. The van der Waals surface area contributed by atoms with Crippen LogP contribution in [0, 0.1) is 20.8 Å².